The van der Waals surface area contributed by atoms with Crippen molar-refractivity contribution in [3.05, 3.63) is 119 Å². The number of thiophene rings is 1. The van der Waals surface area contributed by atoms with Crippen LogP contribution in [0, 0.1) is 5.82 Å². The molecule has 0 saturated carbocycles. The molecule has 0 atom stereocenters. The Morgan fingerprint density at radius 3 is 2.68 bits per heavy atom. The van der Waals surface area contributed by atoms with E-state index in [0.29, 0.717) is 34.7 Å². The second kappa shape index (κ2) is 9.89. The predicted octanol–water partition coefficient (Wildman–Crippen LogP) is 5.79. The number of ether oxygens (including phenoxy) is 1. The zero-order chi connectivity index (χ0) is 23.3. The highest BCUT2D eigenvalue weighted by molar-refractivity contribution is 7.21. The predicted molar refractivity (Wildman–Crippen MR) is 131 cm³/mol. The average Bonchev–Trinajstić information content (AvgIpc) is 3.50. The quantitative estimate of drug-likeness (QED) is 0.311. The number of halogens is 1. The van der Waals surface area contributed by atoms with Gasteiger partial charge in [-0.05, 0) is 35.4 Å². The first kappa shape index (κ1) is 21.9. The van der Waals surface area contributed by atoms with Crippen LogP contribution in [0.3, 0.4) is 0 Å². The van der Waals surface area contributed by atoms with Crippen LogP contribution in [-0.4, -0.2) is 15.5 Å². The maximum Gasteiger partial charge on any atom is 0.262 e. The summed E-state index contributed by atoms with van der Waals surface area (Å²) in [6.45, 7) is 1.18. The molecule has 0 unspecified atom stereocenters. The number of aromatic nitrogens is 2. The summed E-state index contributed by atoms with van der Waals surface area (Å²) in [5.41, 5.74) is 2.67. The molecule has 34 heavy (non-hydrogen) atoms. The summed E-state index contributed by atoms with van der Waals surface area (Å²) in [5, 5.41) is 3.44. The molecule has 0 aliphatic rings. The van der Waals surface area contributed by atoms with Crippen LogP contribution in [0.2, 0.25) is 0 Å². The van der Waals surface area contributed by atoms with Gasteiger partial charge in [-0.3, -0.25) is 4.79 Å². The first-order chi connectivity index (χ1) is 16.7. The van der Waals surface area contributed by atoms with Crippen LogP contribution < -0.4 is 10.1 Å². The van der Waals surface area contributed by atoms with E-state index in [4.69, 9.17) is 4.74 Å². The molecule has 5 nitrogen and oxygen atoms in total. The molecule has 0 saturated heterocycles. The van der Waals surface area contributed by atoms with Crippen LogP contribution in [0.1, 0.15) is 26.4 Å². The molecule has 0 bridgehead atoms. The molecule has 2 aromatic heterocycles. The van der Waals surface area contributed by atoms with Crippen molar-refractivity contribution in [3.8, 4) is 5.75 Å². The molecule has 1 amide bonds. The lowest BCUT2D eigenvalue weighted by Crippen LogP contribution is -2.23. The third-order valence-electron chi connectivity index (χ3n) is 5.46. The number of benzene rings is 3. The maximum atomic E-state index is 14.7. The number of imidazole rings is 1. The van der Waals surface area contributed by atoms with E-state index in [1.165, 1.54) is 17.4 Å². The molecular weight excluding hydrogens is 449 g/mol. The maximum absolute atomic E-state index is 14.7. The first-order valence-corrected chi connectivity index (χ1v) is 11.7. The number of hydrogen-bond acceptors (Lipinski definition) is 4. The topological polar surface area (TPSA) is 56.2 Å². The normalized spacial score (nSPS) is 11.0. The molecule has 170 valence electrons. The Morgan fingerprint density at radius 2 is 1.85 bits per heavy atom. The van der Waals surface area contributed by atoms with Crippen molar-refractivity contribution in [1.82, 2.24) is 14.9 Å². The minimum absolute atomic E-state index is 0.105. The fourth-order valence-electron chi connectivity index (χ4n) is 3.85. The largest absolute Gasteiger partial charge is 0.489 e. The van der Waals surface area contributed by atoms with Gasteiger partial charge in [0.05, 0.1) is 11.2 Å². The van der Waals surface area contributed by atoms with E-state index in [9.17, 15) is 9.18 Å². The number of carbonyl (C=O) groups excluding carboxylic acids is 1. The molecule has 3 aromatic carbocycles. The lowest BCUT2D eigenvalue weighted by atomic mass is 10.1. The molecule has 0 aliphatic heterocycles. The number of para-hydroxylation sites is 1. The highest BCUT2D eigenvalue weighted by atomic mass is 32.1. The number of fused-ring (bicyclic) bond motifs is 1. The first-order valence-electron chi connectivity index (χ1n) is 10.9. The van der Waals surface area contributed by atoms with Crippen molar-refractivity contribution in [3.63, 3.8) is 0 Å². The van der Waals surface area contributed by atoms with E-state index in [2.05, 4.69) is 16.4 Å². The lowest BCUT2D eigenvalue weighted by molar-refractivity contribution is 0.0953. The Balaban J connectivity index is 1.35. The van der Waals surface area contributed by atoms with Crippen LogP contribution >= 0.6 is 11.3 Å². The van der Waals surface area contributed by atoms with Gasteiger partial charge in [-0.15, -0.1) is 11.3 Å². The monoisotopic (exact) mass is 471 g/mol. The number of carbonyl (C=O) groups is 1. The van der Waals surface area contributed by atoms with Crippen LogP contribution in [0.4, 0.5) is 4.39 Å². The van der Waals surface area contributed by atoms with Gasteiger partial charge in [0.1, 0.15) is 18.2 Å². The third-order valence-corrected chi connectivity index (χ3v) is 6.66. The second-order valence-corrected chi connectivity index (χ2v) is 8.91. The van der Waals surface area contributed by atoms with Crippen molar-refractivity contribution in [2.24, 2.45) is 0 Å². The Kier molecular flexibility index (Phi) is 6.35. The molecule has 0 radical (unpaired) electrons. The summed E-state index contributed by atoms with van der Waals surface area (Å²) in [5.74, 6) is 0.0678. The minimum atomic E-state index is -0.355. The van der Waals surface area contributed by atoms with Crippen molar-refractivity contribution in [1.29, 1.82) is 0 Å². The zero-order valence-electron chi connectivity index (χ0n) is 18.3. The van der Waals surface area contributed by atoms with E-state index >= 15 is 0 Å². The van der Waals surface area contributed by atoms with Gasteiger partial charge in [0.15, 0.2) is 0 Å². The molecule has 5 rings (SSSR count). The lowest BCUT2D eigenvalue weighted by Gasteiger charge is -2.10. The van der Waals surface area contributed by atoms with Gasteiger partial charge in [-0.2, -0.15) is 0 Å². The highest BCUT2D eigenvalue weighted by Gasteiger charge is 2.21. The van der Waals surface area contributed by atoms with Crippen molar-refractivity contribution in [2.75, 3.05) is 0 Å². The van der Waals surface area contributed by atoms with Crippen LogP contribution in [0.25, 0.3) is 10.1 Å². The summed E-state index contributed by atoms with van der Waals surface area (Å²) in [6.07, 6.45) is 5.43. The second-order valence-electron chi connectivity index (χ2n) is 7.86. The molecule has 0 aliphatic carbocycles. The number of nitrogens with one attached hydrogen (secondary N) is 1. The van der Waals surface area contributed by atoms with E-state index in [1.807, 2.05) is 65.4 Å². The van der Waals surface area contributed by atoms with Gasteiger partial charge in [0.25, 0.3) is 5.91 Å². The molecular formula is C27H22FN3O2S. The van der Waals surface area contributed by atoms with Crippen molar-refractivity contribution in [2.45, 2.75) is 19.7 Å². The van der Waals surface area contributed by atoms with E-state index in [1.54, 1.807) is 18.6 Å². The van der Waals surface area contributed by atoms with E-state index < -0.39 is 0 Å². The van der Waals surface area contributed by atoms with Crippen LogP contribution in [0.15, 0.2) is 91.5 Å². The summed E-state index contributed by atoms with van der Waals surface area (Å²) in [7, 11) is 0. The molecule has 0 fully saturated rings. The number of hydrogen-bond donors (Lipinski definition) is 1. The van der Waals surface area contributed by atoms with Gasteiger partial charge < -0.3 is 14.6 Å². The van der Waals surface area contributed by atoms with Gasteiger partial charge in [0.2, 0.25) is 0 Å². The molecule has 1 N–H and O–H groups in total. The highest BCUT2D eigenvalue weighted by Crippen LogP contribution is 2.34. The average molecular weight is 472 g/mol. The van der Waals surface area contributed by atoms with Gasteiger partial charge >= 0.3 is 0 Å². The van der Waals surface area contributed by atoms with Gasteiger partial charge in [-0.1, -0.05) is 48.5 Å². The summed E-state index contributed by atoms with van der Waals surface area (Å²) in [4.78, 5) is 17.7. The fraction of sp³-hybridized carbons (Fsp3) is 0.111. The summed E-state index contributed by atoms with van der Waals surface area (Å²) >= 11 is 1.28. The minimum Gasteiger partial charge on any atom is -0.489 e. The molecule has 0 spiro atoms. The number of amides is 1. The Bertz CT molecular complexity index is 1410. The standard InChI is InChI=1S/C27H22FN3O2S/c28-23-10-5-11-24-25(23)22(17-33-21-8-2-1-3-9-21)26(34-24)27(32)30-15-19-6-4-7-20(14-19)16-31-13-12-29-18-31/h1-14,18H,15-17H2,(H,30,32). The summed E-state index contributed by atoms with van der Waals surface area (Å²) in [6, 6.07) is 22.3. The van der Waals surface area contributed by atoms with E-state index in [0.717, 1.165) is 15.8 Å². The van der Waals surface area contributed by atoms with Gasteiger partial charge in [-0.25, -0.2) is 9.37 Å². The van der Waals surface area contributed by atoms with E-state index in [-0.39, 0.29) is 18.3 Å². The van der Waals surface area contributed by atoms with Gasteiger partial charge in [0, 0.05) is 41.1 Å². The Hall–Kier alpha value is -3.97. The zero-order valence-corrected chi connectivity index (χ0v) is 19.1. The summed E-state index contributed by atoms with van der Waals surface area (Å²) < 4.78 is 23.3. The molecule has 7 heteroatoms. The number of rotatable bonds is 8. The fourth-order valence-corrected chi connectivity index (χ4v) is 4.99. The van der Waals surface area contributed by atoms with Crippen LogP contribution in [0.5, 0.6) is 5.75 Å². The SMILES string of the molecule is O=C(NCc1cccc(Cn2ccnc2)c1)c1sc2cccc(F)c2c1COc1ccccc1. The van der Waals surface area contributed by atoms with Crippen LogP contribution in [-0.2, 0) is 19.7 Å². The Labute approximate surface area is 200 Å². The number of nitrogens with zero attached hydrogens (tertiary/aromatic N) is 2. The Morgan fingerprint density at radius 1 is 1.03 bits per heavy atom. The third kappa shape index (κ3) is 4.84. The molecule has 5 aromatic rings. The van der Waals surface area contributed by atoms with Crippen molar-refractivity contribution >= 4 is 27.3 Å². The smallest absolute Gasteiger partial charge is 0.262 e. The van der Waals surface area contributed by atoms with Crippen molar-refractivity contribution < 1.29 is 13.9 Å². The molecule has 2 heterocycles.